The zero-order valence-corrected chi connectivity index (χ0v) is 14.6. The van der Waals surface area contributed by atoms with Crippen LogP contribution in [0.15, 0.2) is 53.2 Å². The normalized spacial score (nSPS) is 15.0. The molecule has 1 heterocycles. The summed E-state index contributed by atoms with van der Waals surface area (Å²) in [4.78, 5) is 28.8. The molecule has 0 unspecified atom stereocenters. The van der Waals surface area contributed by atoms with Crippen LogP contribution in [0.1, 0.15) is 16.7 Å². The standard InChI is InChI=1S/C19H17N3O4/c1-12-4-7-14(8-5-12)18-20-15(19(23)26-18)10-13-6-9-16(21(2)3)17(11-13)22(24)25/h4-11H,1-3H3/b15-10-. The summed E-state index contributed by atoms with van der Waals surface area (Å²) in [7, 11) is 3.46. The van der Waals surface area contributed by atoms with Gasteiger partial charge in [-0.2, -0.15) is 0 Å². The second-order valence-corrected chi connectivity index (χ2v) is 6.10. The van der Waals surface area contributed by atoms with E-state index in [-0.39, 0.29) is 17.3 Å². The summed E-state index contributed by atoms with van der Waals surface area (Å²) in [6.07, 6.45) is 1.48. The number of nitrogens with zero attached hydrogens (tertiary/aromatic N) is 3. The Morgan fingerprint density at radius 2 is 1.85 bits per heavy atom. The first-order valence-electron chi connectivity index (χ1n) is 7.90. The molecule has 0 fully saturated rings. The highest BCUT2D eigenvalue weighted by Crippen LogP contribution is 2.29. The lowest BCUT2D eigenvalue weighted by atomic mass is 10.1. The van der Waals surface area contributed by atoms with Crippen LogP contribution in [-0.2, 0) is 9.53 Å². The van der Waals surface area contributed by atoms with Gasteiger partial charge in [0.2, 0.25) is 5.90 Å². The third-order valence-corrected chi connectivity index (χ3v) is 3.90. The van der Waals surface area contributed by atoms with Gasteiger partial charge in [0, 0.05) is 25.7 Å². The molecular formula is C19H17N3O4. The molecule has 7 nitrogen and oxygen atoms in total. The number of nitro groups is 1. The van der Waals surface area contributed by atoms with Crippen molar-refractivity contribution in [3.8, 4) is 0 Å². The lowest BCUT2D eigenvalue weighted by molar-refractivity contribution is -0.384. The lowest BCUT2D eigenvalue weighted by Crippen LogP contribution is -2.11. The van der Waals surface area contributed by atoms with Crippen LogP contribution in [0.3, 0.4) is 0 Å². The number of carbonyl (C=O) groups is 1. The molecule has 132 valence electrons. The number of aryl methyl sites for hydroxylation is 1. The highest BCUT2D eigenvalue weighted by molar-refractivity contribution is 6.12. The minimum atomic E-state index is -0.583. The van der Waals surface area contributed by atoms with E-state index in [2.05, 4.69) is 4.99 Å². The predicted octanol–water partition coefficient (Wildman–Crippen LogP) is 3.31. The fourth-order valence-corrected chi connectivity index (χ4v) is 2.54. The number of hydrogen-bond acceptors (Lipinski definition) is 6. The summed E-state index contributed by atoms with van der Waals surface area (Å²) in [6.45, 7) is 1.96. The predicted molar refractivity (Wildman–Crippen MR) is 99.2 cm³/mol. The highest BCUT2D eigenvalue weighted by Gasteiger charge is 2.24. The first-order chi connectivity index (χ1) is 12.3. The van der Waals surface area contributed by atoms with Crippen molar-refractivity contribution in [2.75, 3.05) is 19.0 Å². The SMILES string of the molecule is Cc1ccc(C2=N/C(=C\c3ccc(N(C)C)c([N+](=O)[O-])c3)C(=O)O2)cc1. The van der Waals surface area contributed by atoms with E-state index < -0.39 is 10.9 Å². The van der Waals surface area contributed by atoms with Crippen molar-refractivity contribution in [1.82, 2.24) is 0 Å². The fourth-order valence-electron chi connectivity index (χ4n) is 2.54. The van der Waals surface area contributed by atoms with Crippen molar-refractivity contribution in [2.24, 2.45) is 4.99 Å². The number of carbonyl (C=O) groups excluding carboxylic acids is 1. The number of esters is 1. The molecule has 1 aliphatic rings. The Bertz CT molecular complexity index is 944. The molecule has 26 heavy (non-hydrogen) atoms. The van der Waals surface area contributed by atoms with E-state index >= 15 is 0 Å². The molecule has 0 aliphatic carbocycles. The smallest absolute Gasteiger partial charge is 0.363 e. The van der Waals surface area contributed by atoms with Crippen LogP contribution < -0.4 is 4.90 Å². The molecule has 0 amide bonds. The van der Waals surface area contributed by atoms with Crippen LogP contribution >= 0.6 is 0 Å². The molecule has 0 spiro atoms. The average Bonchev–Trinajstić information content (AvgIpc) is 2.96. The summed E-state index contributed by atoms with van der Waals surface area (Å²) >= 11 is 0. The van der Waals surface area contributed by atoms with E-state index in [0.717, 1.165) is 5.56 Å². The summed E-state index contributed by atoms with van der Waals surface area (Å²) in [5.74, 6) is -0.361. The van der Waals surface area contributed by atoms with E-state index in [1.807, 2.05) is 31.2 Å². The maximum Gasteiger partial charge on any atom is 0.363 e. The van der Waals surface area contributed by atoms with E-state index in [9.17, 15) is 14.9 Å². The number of aliphatic imine (C=N–C) groups is 1. The molecule has 2 aromatic rings. The number of rotatable bonds is 4. The van der Waals surface area contributed by atoms with Crippen molar-refractivity contribution < 1.29 is 14.5 Å². The summed E-state index contributed by atoms with van der Waals surface area (Å²) < 4.78 is 5.21. The second kappa shape index (κ2) is 6.79. The van der Waals surface area contributed by atoms with Gasteiger partial charge in [0.1, 0.15) is 5.69 Å². The van der Waals surface area contributed by atoms with Gasteiger partial charge >= 0.3 is 5.97 Å². The van der Waals surface area contributed by atoms with Crippen molar-refractivity contribution in [3.05, 3.63) is 75.0 Å². The van der Waals surface area contributed by atoms with Gasteiger partial charge in [-0.15, -0.1) is 0 Å². The van der Waals surface area contributed by atoms with Gasteiger partial charge in [0.25, 0.3) is 5.69 Å². The van der Waals surface area contributed by atoms with Crippen LogP contribution in [0.25, 0.3) is 6.08 Å². The summed E-state index contributed by atoms with van der Waals surface area (Å²) in [6, 6.07) is 12.2. The minimum Gasteiger partial charge on any atom is -0.402 e. The van der Waals surface area contributed by atoms with E-state index in [4.69, 9.17) is 4.74 Å². The Morgan fingerprint density at radius 1 is 1.15 bits per heavy atom. The lowest BCUT2D eigenvalue weighted by Gasteiger charge is -2.12. The van der Waals surface area contributed by atoms with Crippen LogP contribution in [0.2, 0.25) is 0 Å². The number of nitro benzene ring substituents is 1. The first-order valence-corrected chi connectivity index (χ1v) is 7.90. The van der Waals surface area contributed by atoms with E-state index in [1.165, 1.54) is 12.1 Å². The number of ether oxygens (including phenoxy) is 1. The first kappa shape index (κ1) is 17.3. The molecule has 0 aromatic heterocycles. The molecule has 2 aromatic carbocycles. The minimum absolute atomic E-state index is 0.0431. The van der Waals surface area contributed by atoms with Crippen molar-refractivity contribution in [1.29, 1.82) is 0 Å². The topological polar surface area (TPSA) is 85.0 Å². The third kappa shape index (κ3) is 3.46. The van der Waals surface area contributed by atoms with Gasteiger partial charge in [-0.3, -0.25) is 10.1 Å². The third-order valence-electron chi connectivity index (χ3n) is 3.90. The molecule has 3 rings (SSSR count). The largest absolute Gasteiger partial charge is 0.402 e. The highest BCUT2D eigenvalue weighted by atomic mass is 16.6. The number of hydrogen-bond donors (Lipinski definition) is 0. The van der Waals surface area contributed by atoms with Gasteiger partial charge < -0.3 is 9.64 Å². The maximum atomic E-state index is 12.1. The maximum absolute atomic E-state index is 12.1. The monoisotopic (exact) mass is 351 g/mol. The number of benzene rings is 2. The van der Waals surface area contributed by atoms with Crippen LogP contribution in [0, 0.1) is 17.0 Å². The van der Waals surface area contributed by atoms with Gasteiger partial charge in [0.05, 0.1) is 4.92 Å². The van der Waals surface area contributed by atoms with Gasteiger partial charge in [-0.05, 0) is 36.8 Å². The van der Waals surface area contributed by atoms with Crippen molar-refractivity contribution in [3.63, 3.8) is 0 Å². The Morgan fingerprint density at radius 3 is 2.46 bits per heavy atom. The molecular weight excluding hydrogens is 334 g/mol. The van der Waals surface area contributed by atoms with Gasteiger partial charge in [0.15, 0.2) is 5.70 Å². The van der Waals surface area contributed by atoms with Crippen LogP contribution in [0.5, 0.6) is 0 Å². The van der Waals surface area contributed by atoms with Crippen molar-refractivity contribution >= 4 is 29.3 Å². The van der Waals surface area contributed by atoms with E-state index in [1.54, 1.807) is 31.1 Å². The Labute approximate surface area is 150 Å². The molecule has 1 aliphatic heterocycles. The van der Waals surface area contributed by atoms with Gasteiger partial charge in [-0.25, -0.2) is 9.79 Å². The van der Waals surface area contributed by atoms with E-state index in [0.29, 0.717) is 16.8 Å². The zero-order chi connectivity index (χ0) is 18.8. The summed E-state index contributed by atoms with van der Waals surface area (Å²) in [5.41, 5.74) is 2.83. The second-order valence-electron chi connectivity index (χ2n) is 6.10. The van der Waals surface area contributed by atoms with Crippen molar-refractivity contribution in [2.45, 2.75) is 6.92 Å². The van der Waals surface area contributed by atoms with Crippen LogP contribution in [0.4, 0.5) is 11.4 Å². The molecule has 0 saturated carbocycles. The molecule has 7 heteroatoms. The van der Waals surface area contributed by atoms with Crippen LogP contribution in [-0.4, -0.2) is 30.9 Å². The average molecular weight is 351 g/mol. The molecule has 0 radical (unpaired) electrons. The zero-order valence-electron chi connectivity index (χ0n) is 14.6. The Kier molecular flexibility index (Phi) is 4.53. The quantitative estimate of drug-likeness (QED) is 0.365. The van der Waals surface area contributed by atoms with Gasteiger partial charge in [-0.1, -0.05) is 23.8 Å². The molecule has 0 N–H and O–H groups in total. The molecule has 0 saturated heterocycles. The number of cyclic esters (lactones) is 1. The Hall–Kier alpha value is -3.48. The molecule has 0 bridgehead atoms. The number of anilines is 1. The molecule has 0 atom stereocenters. The Balaban J connectivity index is 1.96. The fraction of sp³-hybridized carbons (Fsp3) is 0.158. The summed E-state index contributed by atoms with van der Waals surface area (Å²) in [5, 5.41) is 11.3.